The maximum Gasteiger partial charge on any atom is 0.119 e. The van der Waals surface area contributed by atoms with Crippen LogP contribution in [-0.2, 0) is 0 Å². The minimum Gasteiger partial charge on any atom is -0.497 e. The third kappa shape index (κ3) is 3.73. The van der Waals surface area contributed by atoms with Gasteiger partial charge in [0, 0.05) is 31.4 Å². The fourth-order valence-electron chi connectivity index (χ4n) is 3.68. The molecule has 122 valence electrons. The maximum absolute atomic E-state index is 10.4. The van der Waals surface area contributed by atoms with Crippen molar-refractivity contribution < 1.29 is 9.84 Å². The fraction of sp³-hybridized carbons (Fsp3) is 0.667. The lowest BCUT2D eigenvalue weighted by Gasteiger charge is -2.35. The lowest BCUT2D eigenvalue weighted by atomic mass is 9.99. The number of anilines is 1. The smallest absolute Gasteiger partial charge is 0.119 e. The molecule has 0 aromatic heterocycles. The number of rotatable bonds is 5. The van der Waals surface area contributed by atoms with E-state index in [1.54, 1.807) is 7.11 Å². The summed E-state index contributed by atoms with van der Waals surface area (Å²) < 4.78 is 5.21. The van der Waals surface area contributed by atoms with Gasteiger partial charge in [0.15, 0.2) is 0 Å². The fourth-order valence-corrected chi connectivity index (χ4v) is 3.68. The SMILES string of the molecule is COc1ccc(N2CCC(NCC3(O)CCCC3)CC2)cc1. The van der Waals surface area contributed by atoms with Crippen LogP contribution in [0.5, 0.6) is 5.75 Å². The number of nitrogens with one attached hydrogen (secondary N) is 1. The van der Waals surface area contributed by atoms with Crippen LogP contribution in [0.25, 0.3) is 0 Å². The molecule has 2 aliphatic rings. The second-order valence-electron chi connectivity index (χ2n) is 6.77. The first-order valence-corrected chi connectivity index (χ1v) is 8.53. The Bertz CT molecular complexity index is 460. The Balaban J connectivity index is 1.45. The van der Waals surface area contributed by atoms with Crippen molar-refractivity contribution in [3.05, 3.63) is 24.3 Å². The number of hydrogen-bond donors (Lipinski definition) is 2. The average molecular weight is 304 g/mol. The van der Waals surface area contributed by atoms with Gasteiger partial charge in [0.1, 0.15) is 5.75 Å². The summed E-state index contributed by atoms with van der Waals surface area (Å²) in [6.45, 7) is 2.91. The van der Waals surface area contributed by atoms with Gasteiger partial charge in [0.2, 0.25) is 0 Å². The minimum absolute atomic E-state index is 0.437. The van der Waals surface area contributed by atoms with E-state index in [-0.39, 0.29) is 0 Å². The molecule has 4 nitrogen and oxygen atoms in total. The van der Waals surface area contributed by atoms with Gasteiger partial charge >= 0.3 is 0 Å². The highest BCUT2D eigenvalue weighted by Crippen LogP contribution is 2.29. The molecule has 1 saturated heterocycles. The maximum atomic E-state index is 10.4. The van der Waals surface area contributed by atoms with Crippen LogP contribution in [0, 0.1) is 0 Å². The quantitative estimate of drug-likeness (QED) is 0.877. The van der Waals surface area contributed by atoms with Crippen molar-refractivity contribution in [2.45, 2.75) is 50.2 Å². The standard InChI is InChI=1S/C18H28N2O2/c1-22-17-6-4-16(5-7-17)20-12-8-15(9-13-20)19-14-18(21)10-2-3-11-18/h4-7,15,19,21H,2-3,8-14H2,1H3. The van der Waals surface area contributed by atoms with Crippen LogP contribution in [0.4, 0.5) is 5.69 Å². The summed E-state index contributed by atoms with van der Waals surface area (Å²) >= 11 is 0. The van der Waals surface area contributed by atoms with Crippen LogP contribution in [-0.4, -0.2) is 43.5 Å². The number of nitrogens with zero attached hydrogens (tertiary/aromatic N) is 1. The van der Waals surface area contributed by atoms with Gasteiger partial charge in [-0.15, -0.1) is 0 Å². The van der Waals surface area contributed by atoms with Crippen LogP contribution in [0.1, 0.15) is 38.5 Å². The predicted octanol–water partition coefficient (Wildman–Crippen LogP) is 2.56. The molecule has 0 bridgehead atoms. The van der Waals surface area contributed by atoms with Gasteiger partial charge in [-0.25, -0.2) is 0 Å². The first-order valence-electron chi connectivity index (χ1n) is 8.53. The Morgan fingerprint density at radius 1 is 1.18 bits per heavy atom. The minimum atomic E-state index is -0.437. The van der Waals surface area contributed by atoms with E-state index in [1.807, 2.05) is 12.1 Å². The molecule has 0 radical (unpaired) electrons. The Morgan fingerprint density at radius 3 is 2.41 bits per heavy atom. The highest BCUT2D eigenvalue weighted by atomic mass is 16.5. The number of hydrogen-bond acceptors (Lipinski definition) is 4. The van der Waals surface area contributed by atoms with Crippen molar-refractivity contribution in [2.75, 3.05) is 31.6 Å². The first kappa shape index (κ1) is 15.6. The topological polar surface area (TPSA) is 44.7 Å². The summed E-state index contributed by atoms with van der Waals surface area (Å²) in [6.07, 6.45) is 6.56. The van der Waals surface area contributed by atoms with Crippen LogP contribution in [0.15, 0.2) is 24.3 Å². The molecule has 0 amide bonds. The first-order chi connectivity index (χ1) is 10.7. The molecule has 2 fully saturated rings. The van der Waals surface area contributed by atoms with Gasteiger partial charge in [-0.1, -0.05) is 12.8 Å². The molecular formula is C18H28N2O2. The molecule has 4 heteroatoms. The third-order valence-electron chi connectivity index (χ3n) is 5.19. The molecule has 22 heavy (non-hydrogen) atoms. The molecule has 1 saturated carbocycles. The number of aliphatic hydroxyl groups is 1. The summed E-state index contributed by atoms with van der Waals surface area (Å²) in [5, 5.41) is 14.0. The van der Waals surface area contributed by atoms with E-state index < -0.39 is 5.60 Å². The predicted molar refractivity (Wildman–Crippen MR) is 89.6 cm³/mol. The van der Waals surface area contributed by atoms with Gasteiger partial charge in [-0.05, 0) is 49.9 Å². The van der Waals surface area contributed by atoms with Crippen molar-refractivity contribution in [2.24, 2.45) is 0 Å². The molecule has 3 rings (SSSR count). The molecule has 1 aromatic rings. The number of methoxy groups -OCH3 is 1. The zero-order valence-electron chi connectivity index (χ0n) is 13.6. The Labute approximate surface area is 133 Å². The lowest BCUT2D eigenvalue weighted by Crippen LogP contribution is -2.47. The second-order valence-corrected chi connectivity index (χ2v) is 6.77. The molecular weight excluding hydrogens is 276 g/mol. The van der Waals surface area contributed by atoms with Gasteiger partial charge < -0.3 is 20.1 Å². The molecule has 1 aromatic carbocycles. The molecule has 0 atom stereocenters. The summed E-state index contributed by atoms with van der Waals surface area (Å²) in [5.41, 5.74) is 0.835. The second kappa shape index (κ2) is 6.88. The van der Waals surface area contributed by atoms with E-state index in [4.69, 9.17) is 4.74 Å². The van der Waals surface area contributed by atoms with Crippen molar-refractivity contribution in [3.63, 3.8) is 0 Å². The lowest BCUT2D eigenvalue weighted by molar-refractivity contribution is 0.0439. The molecule has 1 aliphatic heterocycles. The molecule has 0 spiro atoms. The molecule has 2 N–H and O–H groups in total. The van der Waals surface area contributed by atoms with E-state index >= 15 is 0 Å². The summed E-state index contributed by atoms with van der Waals surface area (Å²) in [6, 6.07) is 8.85. The van der Waals surface area contributed by atoms with Gasteiger partial charge in [0.05, 0.1) is 12.7 Å². The van der Waals surface area contributed by atoms with E-state index in [1.165, 1.54) is 18.5 Å². The van der Waals surface area contributed by atoms with Crippen molar-refractivity contribution in [1.82, 2.24) is 5.32 Å². The summed E-state index contributed by atoms with van der Waals surface area (Å²) in [4.78, 5) is 2.43. The number of benzene rings is 1. The summed E-state index contributed by atoms with van der Waals surface area (Å²) in [7, 11) is 1.70. The molecule has 1 aliphatic carbocycles. The van der Waals surface area contributed by atoms with E-state index in [0.717, 1.165) is 51.1 Å². The zero-order valence-corrected chi connectivity index (χ0v) is 13.6. The van der Waals surface area contributed by atoms with Gasteiger partial charge in [0.25, 0.3) is 0 Å². The monoisotopic (exact) mass is 304 g/mol. The van der Waals surface area contributed by atoms with Crippen molar-refractivity contribution in [3.8, 4) is 5.75 Å². The highest BCUT2D eigenvalue weighted by molar-refractivity contribution is 5.49. The average Bonchev–Trinajstić information content (AvgIpc) is 3.01. The normalized spacial score (nSPS) is 22.0. The Hall–Kier alpha value is -1.26. The van der Waals surface area contributed by atoms with Crippen molar-refractivity contribution in [1.29, 1.82) is 0 Å². The Kier molecular flexibility index (Phi) is 4.89. The third-order valence-corrected chi connectivity index (χ3v) is 5.19. The van der Waals surface area contributed by atoms with Crippen molar-refractivity contribution >= 4 is 5.69 Å². The number of piperidine rings is 1. The van der Waals surface area contributed by atoms with Crippen LogP contribution < -0.4 is 15.0 Å². The van der Waals surface area contributed by atoms with Crippen LogP contribution >= 0.6 is 0 Å². The van der Waals surface area contributed by atoms with E-state index in [9.17, 15) is 5.11 Å². The number of ether oxygens (including phenoxy) is 1. The molecule has 1 heterocycles. The Morgan fingerprint density at radius 2 is 1.82 bits per heavy atom. The summed E-state index contributed by atoms with van der Waals surface area (Å²) in [5.74, 6) is 0.908. The van der Waals surface area contributed by atoms with Gasteiger partial charge in [-0.3, -0.25) is 0 Å². The largest absolute Gasteiger partial charge is 0.497 e. The van der Waals surface area contributed by atoms with Crippen LogP contribution in [0.3, 0.4) is 0 Å². The van der Waals surface area contributed by atoms with Gasteiger partial charge in [-0.2, -0.15) is 0 Å². The van der Waals surface area contributed by atoms with E-state index in [2.05, 4.69) is 22.3 Å². The van der Waals surface area contributed by atoms with Crippen LogP contribution in [0.2, 0.25) is 0 Å². The zero-order chi connectivity index (χ0) is 15.4. The molecule has 0 unspecified atom stereocenters. The van der Waals surface area contributed by atoms with E-state index in [0.29, 0.717) is 6.04 Å². The highest BCUT2D eigenvalue weighted by Gasteiger charge is 2.31.